The topological polar surface area (TPSA) is 66.4 Å². The molecule has 0 spiro atoms. The average molecular weight is 319 g/mol. The van der Waals surface area contributed by atoms with E-state index in [2.05, 4.69) is 18.6 Å². The molecule has 118 valence electrons. The summed E-state index contributed by atoms with van der Waals surface area (Å²) in [7, 11) is -3.63. The van der Waals surface area contributed by atoms with Crippen LogP contribution in [0, 0.1) is 13.8 Å². The molecular formula is C17H21NO3S. The van der Waals surface area contributed by atoms with E-state index in [9.17, 15) is 13.5 Å². The summed E-state index contributed by atoms with van der Waals surface area (Å²) in [6.45, 7) is 7.59. The van der Waals surface area contributed by atoms with Crippen molar-refractivity contribution in [3.05, 3.63) is 53.1 Å². The number of phenols is 1. The smallest absolute Gasteiger partial charge is 0.261 e. The van der Waals surface area contributed by atoms with Crippen molar-refractivity contribution in [2.45, 2.75) is 38.5 Å². The van der Waals surface area contributed by atoms with Crippen molar-refractivity contribution in [3.63, 3.8) is 0 Å². The van der Waals surface area contributed by atoms with Crippen molar-refractivity contribution in [1.29, 1.82) is 0 Å². The van der Waals surface area contributed by atoms with Crippen LogP contribution in [0.25, 0.3) is 0 Å². The first kappa shape index (κ1) is 16.4. The third-order valence-corrected chi connectivity index (χ3v) is 5.00. The standard InChI is InChI=1S/C17H21NO3S/c1-11(2)14-5-7-16(8-6-14)22(20,21)18-15-9-12(3)17(19)13(4)10-15/h5-11,18-19H,1-4H3. The molecular weight excluding hydrogens is 298 g/mol. The van der Waals surface area contributed by atoms with Gasteiger partial charge in [-0.25, -0.2) is 8.42 Å². The number of nitrogens with one attached hydrogen (secondary N) is 1. The van der Waals surface area contributed by atoms with E-state index in [-0.39, 0.29) is 10.6 Å². The van der Waals surface area contributed by atoms with E-state index in [4.69, 9.17) is 0 Å². The van der Waals surface area contributed by atoms with Crippen LogP contribution in [-0.4, -0.2) is 13.5 Å². The van der Waals surface area contributed by atoms with Gasteiger partial charge in [0, 0.05) is 5.69 Å². The largest absolute Gasteiger partial charge is 0.507 e. The van der Waals surface area contributed by atoms with Gasteiger partial charge >= 0.3 is 0 Å². The van der Waals surface area contributed by atoms with Crippen LogP contribution in [0.2, 0.25) is 0 Å². The van der Waals surface area contributed by atoms with Crippen molar-refractivity contribution in [2.75, 3.05) is 4.72 Å². The van der Waals surface area contributed by atoms with E-state index in [1.807, 2.05) is 12.1 Å². The zero-order valence-electron chi connectivity index (χ0n) is 13.2. The fourth-order valence-corrected chi connectivity index (χ4v) is 3.30. The van der Waals surface area contributed by atoms with Gasteiger partial charge in [0.25, 0.3) is 10.0 Å². The summed E-state index contributed by atoms with van der Waals surface area (Å²) in [5, 5.41) is 9.75. The Hall–Kier alpha value is -2.01. The number of hydrogen-bond acceptors (Lipinski definition) is 3. The van der Waals surface area contributed by atoms with E-state index >= 15 is 0 Å². The Kier molecular flexibility index (Phi) is 4.47. The molecule has 0 aliphatic carbocycles. The van der Waals surface area contributed by atoms with Gasteiger partial charge in [0.05, 0.1) is 4.90 Å². The van der Waals surface area contributed by atoms with E-state index in [1.54, 1.807) is 38.1 Å². The summed E-state index contributed by atoms with van der Waals surface area (Å²) in [6, 6.07) is 10.1. The number of aromatic hydroxyl groups is 1. The first-order valence-electron chi connectivity index (χ1n) is 7.13. The Morgan fingerprint density at radius 3 is 1.95 bits per heavy atom. The van der Waals surface area contributed by atoms with Gasteiger partial charge in [-0.3, -0.25) is 4.72 Å². The zero-order valence-corrected chi connectivity index (χ0v) is 14.0. The molecule has 0 aromatic heterocycles. The number of benzene rings is 2. The highest BCUT2D eigenvalue weighted by atomic mass is 32.2. The van der Waals surface area contributed by atoms with Gasteiger partial charge in [-0.15, -0.1) is 0 Å². The molecule has 0 saturated heterocycles. The zero-order chi connectivity index (χ0) is 16.5. The number of aryl methyl sites for hydroxylation is 2. The van der Waals surface area contributed by atoms with E-state index in [0.717, 1.165) is 5.56 Å². The Morgan fingerprint density at radius 2 is 1.50 bits per heavy atom. The molecule has 0 aliphatic heterocycles. The monoisotopic (exact) mass is 319 g/mol. The molecule has 5 heteroatoms. The maximum Gasteiger partial charge on any atom is 0.261 e. The van der Waals surface area contributed by atoms with Crippen LogP contribution < -0.4 is 4.72 Å². The summed E-state index contributed by atoms with van der Waals surface area (Å²) in [6.07, 6.45) is 0. The van der Waals surface area contributed by atoms with Crippen LogP contribution in [-0.2, 0) is 10.0 Å². The number of anilines is 1. The van der Waals surface area contributed by atoms with Gasteiger partial charge in [0.1, 0.15) is 5.75 Å². The molecule has 0 amide bonds. The molecule has 2 aromatic rings. The van der Waals surface area contributed by atoms with Crippen LogP contribution in [0.3, 0.4) is 0 Å². The lowest BCUT2D eigenvalue weighted by Crippen LogP contribution is -2.13. The van der Waals surface area contributed by atoms with E-state index in [0.29, 0.717) is 22.7 Å². The molecule has 2 N–H and O–H groups in total. The van der Waals surface area contributed by atoms with Crippen molar-refractivity contribution >= 4 is 15.7 Å². The number of hydrogen-bond donors (Lipinski definition) is 2. The van der Waals surface area contributed by atoms with E-state index in [1.165, 1.54) is 0 Å². The molecule has 0 unspecified atom stereocenters. The Balaban J connectivity index is 2.31. The second-order valence-electron chi connectivity index (χ2n) is 5.79. The first-order valence-corrected chi connectivity index (χ1v) is 8.62. The molecule has 0 fully saturated rings. The van der Waals surface area contributed by atoms with Gasteiger partial charge in [-0.05, 0) is 60.7 Å². The number of sulfonamides is 1. The molecule has 0 radical (unpaired) electrons. The SMILES string of the molecule is Cc1cc(NS(=O)(=O)c2ccc(C(C)C)cc2)cc(C)c1O. The second kappa shape index (κ2) is 6.01. The highest BCUT2D eigenvalue weighted by Crippen LogP contribution is 2.27. The maximum atomic E-state index is 12.4. The lowest BCUT2D eigenvalue weighted by Gasteiger charge is -2.12. The predicted octanol–water partition coefficient (Wildman–Crippen LogP) is 3.93. The minimum Gasteiger partial charge on any atom is -0.507 e. The van der Waals surface area contributed by atoms with Gasteiger partial charge < -0.3 is 5.11 Å². The van der Waals surface area contributed by atoms with Crippen LogP contribution in [0.1, 0.15) is 36.5 Å². The van der Waals surface area contributed by atoms with Crippen molar-refractivity contribution < 1.29 is 13.5 Å². The molecule has 0 saturated carbocycles. The Morgan fingerprint density at radius 1 is 1.00 bits per heavy atom. The van der Waals surface area contributed by atoms with Gasteiger partial charge in [0.2, 0.25) is 0 Å². The minimum atomic E-state index is -3.63. The molecule has 4 nitrogen and oxygen atoms in total. The van der Waals surface area contributed by atoms with Crippen LogP contribution in [0.15, 0.2) is 41.3 Å². The van der Waals surface area contributed by atoms with Crippen LogP contribution in [0.5, 0.6) is 5.75 Å². The Labute approximate surface area is 131 Å². The van der Waals surface area contributed by atoms with Crippen LogP contribution >= 0.6 is 0 Å². The predicted molar refractivity (Wildman–Crippen MR) is 88.9 cm³/mol. The summed E-state index contributed by atoms with van der Waals surface area (Å²) in [5.74, 6) is 0.538. The van der Waals surface area contributed by atoms with Crippen LogP contribution in [0.4, 0.5) is 5.69 Å². The quantitative estimate of drug-likeness (QED) is 0.839. The molecule has 0 aliphatic rings. The maximum absolute atomic E-state index is 12.4. The molecule has 0 bridgehead atoms. The first-order chi connectivity index (χ1) is 10.2. The number of rotatable bonds is 4. The molecule has 2 aromatic carbocycles. The number of phenolic OH excluding ortho intramolecular Hbond substituents is 1. The molecule has 22 heavy (non-hydrogen) atoms. The Bertz CT molecular complexity index is 755. The highest BCUT2D eigenvalue weighted by molar-refractivity contribution is 7.92. The molecule has 0 atom stereocenters. The normalized spacial score (nSPS) is 11.7. The minimum absolute atomic E-state index is 0.184. The third-order valence-electron chi connectivity index (χ3n) is 3.60. The molecule has 0 heterocycles. The highest BCUT2D eigenvalue weighted by Gasteiger charge is 2.15. The fraction of sp³-hybridized carbons (Fsp3) is 0.294. The average Bonchev–Trinajstić information content (AvgIpc) is 2.44. The second-order valence-corrected chi connectivity index (χ2v) is 7.47. The van der Waals surface area contributed by atoms with E-state index < -0.39 is 10.0 Å². The summed E-state index contributed by atoms with van der Waals surface area (Å²) in [4.78, 5) is 0.222. The summed E-state index contributed by atoms with van der Waals surface area (Å²) >= 11 is 0. The lowest BCUT2D eigenvalue weighted by molar-refractivity contribution is 0.467. The molecule has 2 rings (SSSR count). The van der Waals surface area contributed by atoms with Gasteiger partial charge in [-0.1, -0.05) is 26.0 Å². The summed E-state index contributed by atoms with van der Waals surface area (Å²) in [5.41, 5.74) is 2.80. The van der Waals surface area contributed by atoms with Gasteiger partial charge in [-0.2, -0.15) is 0 Å². The van der Waals surface area contributed by atoms with Crippen molar-refractivity contribution in [2.24, 2.45) is 0 Å². The lowest BCUT2D eigenvalue weighted by atomic mass is 10.0. The van der Waals surface area contributed by atoms with Gasteiger partial charge in [0.15, 0.2) is 0 Å². The fourth-order valence-electron chi connectivity index (χ4n) is 2.26. The van der Waals surface area contributed by atoms with Crippen molar-refractivity contribution in [3.8, 4) is 5.75 Å². The summed E-state index contributed by atoms with van der Waals surface area (Å²) < 4.78 is 27.4. The third kappa shape index (κ3) is 3.42. The van der Waals surface area contributed by atoms with Crippen molar-refractivity contribution in [1.82, 2.24) is 0 Å².